The van der Waals surface area contributed by atoms with E-state index in [1.54, 1.807) is 7.11 Å². The molecule has 0 aliphatic carbocycles. The second kappa shape index (κ2) is 3.70. The van der Waals surface area contributed by atoms with Crippen molar-refractivity contribution in [2.75, 3.05) is 12.4 Å². The van der Waals surface area contributed by atoms with E-state index in [1.807, 2.05) is 18.2 Å². The van der Waals surface area contributed by atoms with Gasteiger partial charge < -0.3 is 14.8 Å². The maximum absolute atomic E-state index is 10.4. The minimum atomic E-state index is 0.235. The first kappa shape index (κ1) is 9.06. The molecule has 1 unspecified atom stereocenters. The third-order valence-corrected chi connectivity index (χ3v) is 2.54. The van der Waals surface area contributed by atoms with E-state index in [4.69, 9.17) is 4.74 Å². The van der Waals surface area contributed by atoms with Crippen molar-refractivity contribution < 1.29 is 9.53 Å². The maximum Gasteiger partial charge on any atom is 0.124 e. The van der Waals surface area contributed by atoms with E-state index in [-0.39, 0.29) is 6.04 Å². The van der Waals surface area contributed by atoms with Gasteiger partial charge in [0.2, 0.25) is 0 Å². The number of ether oxygens (including phenoxy) is 1. The molecule has 0 radical (unpaired) electrons. The summed E-state index contributed by atoms with van der Waals surface area (Å²) in [6, 6.07) is 6.15. The molecule has 3 nitrogen and oxygen atoms in total. The van der Waals surface area contributed by atoms with Crippen molar-refractivity contribution in [1.29, 1.82) is 0 Å². The van der Waals surface area contributed by atoms with Gasteiger partial charge in [0, 0.05) is 23.7 Å². The van der Waals surface area contributed by atoms with Gasteiger partial charge in [0.15, 0.2) is 0 Å². The second-order valence-electron chi connectivity index (χ2n) is 3.43. The zero-order chi connectivity index (χ0) is 9.97. The summed E-state index contributed by atoms with van der Waals surface area (Å²) < 4.78 is 5.26. The average Bonchev–Trinajstić information content (AvgIpc) is 2.60. The van der Waals surface area contributed by atoms with Crippen molar-refractivity contribution in [3.8, 4) is 5.75 Å². The highest BCUT2D eigenvalue weighted by Gasteiger charge is 2.22. The summed E-state index contributed by atoms with van der Waals surface area (Å²) in [5.41, 5.74) is 2.28. The van der Waals surface area contributed by atoms with Gasteiger partial charge in [-0.2, -0.15) is 0 Å². The first-order valence-electron chi connectivity index (χ1n) is 4.71. The SMILES string of the molecule is COc1cccc2c1CC(CC=O)N2. The first-order chi connectivity index (χ1) is 6.85. The molecule has 1 aliphatic heterocycles. The molecule has 74 valence electrons. The number of methoxy groups -OCH3 is 1. The topological polar surface area (TPSA) is 38.3 Å². The summed E-state index contributed by atoms with van der Waals surface area (Å²) in [7, 11) is 1.67. The lowest BCUT2D eigenvalue weighted by atomic mass is 10.1. The molecule has 1 N–H and O–H groups in total. The van der Waals surface area contributed by atoms with Gasteiger partial charge in [0.25, 0.3) is 0 Å². The monoisotopic (exact) mass is 191 g/mol. The van der Waals surface area contributed by atoms with Crippen LogP contribution in [0.4, 0.5) is 5.69 Å². The Bertz CT molecular complexity index is 349. The molecular formula is C11H13NO2. The molecule has 14 heavy (non-hydrogen) atoms. The average molecular weight is 191 g/mol. The molecule has 0 fully saturated rings. The van der Waals surface area contributed by atoms with Gasteiger partial charge in [-0.25, -0.2) is 0 Å². The van der Waals surface area contributed by atoms with Crippen molar-refractivity contribution in [3.05, 3.63) is 23.8 Å². The van der Waals surface area contributed by atoms with Crippen LogP contribution in [0.3, 0.4) is 0 Å². The summed E-state index contributed by atoms with van der Waals surface area (Å²) in [5, 5.41) is 3.30. The Morgan fingerprint density at radius 1 is 1.64 bits per heavy atom. The van der Waals surface area contributed by atoms with Gasteiger partial charge in [-0.15, -0.1) is 0 Å². The van der Waals surface area contributed by atoms with Crippen LogP contribution in [-0.4, -0.2) is 19.4 Å². The predicted octanol–water partition coefficient (Wildman–Crippen LogP) is 1.62. The Balaban J connectivity index is 2.25. The molecule has 0 saturated heterocycles. The van der Waals surface area contributed by atoms with Crippen molar-refractivity contribution in [3.63, 3.8) is 0 Å². The van der Waals surface area contributed by atoms with Gasteiger partial charge >= 0.3 is 0 Å². The fraction of sp³-hybridized carbons (Fsp3) is 0.364. The smallest absolute Gasteiger partial charge is 0.124 e. The van der Waals surface area contributed by atoms with Crippen LogP contribution in [0.1, 0.15) is 12.0 Å². The number of carbonyl (C=O) groups excluding carboxylic acids is 1. The van der Waals surface area contributed by atoms with E-state index in [0.717, 1.165) is 24.1 Å². The van der Waals surface area contributed by atoms with E-state index >= 15 is 0 Å². The van der Waals surface area contributed by atoms with Crippen LogP contribution in [0.2, 0.25) is 0 Å². The van der Waals surface area contributed by atoms with Crippen LogP contribution in [0.5, 0.6) is 5.75 Å². The van der Waals surface area contributed by atoms with Crippen LogP contribution in [0, 0.1) is 0 Å². The van der Waals surface area contributed by atoms with Crippen LogP contribution in [0.15, 0.2) is 18.2 Å². The molecular weight excluding hydrogens is 178 g/mol. The molecule has 0 amide bonds. The van der Waals surface area contributed by atoms with Gasteiger partial charge in [-0.05, 0) is 18.6 Å². The minimum Gasteiger partial charge on any atom is -0.496 e. The van der Waals surface area contributed by atoms with Crippen LogP contribution in [-0.2, 0) is 11.2 Å². The quantitative estimate of drug-likeness (QED) is 0.738. The van der Waals surface area contributed by atoms with Crippen LogP contribution < -0.4 is 10.1 Å². The lowest BCUT2D eigenvalue weighted by Crippen LogP contribution is -2.15. The highest BCUT2D eigenvalue weighted by atomic mass is 16.5. The standard InChI is InChI=1S/C11H13NO2/c1-14-11-4-2-3-10-9(11)7-8(12-10)5-6-13/h2-4,6,8,12H,5,7H2,1H3. The van der Waals surface area contributed by atoms with Crippen molar-refractivity contribution >= 4 is 12.0 Å². The Morgan fingerprint density at radius 3 is 3.21 bits per heavy atom. The number of anilines is 1. The van der Waals surface area contributed by atoms with Crippen molar-refractivity contribution in [1.82, 2.24) is 0 Å². The summed E-state index contributed by atoms with van der Waals surface area (Å²) in [6.45, 7) is 0. The lowest BCUT2D eigenvalue weighted by molar-refractivity contribution is -0.108. The Hall–Kier alpha value is -1.51. The summed E-state index contributed by atoms with van der Waals surface area (Å²) in [6.07, 6.45) is 2.38. The Morgan fingerprint density at radius 2 is 2.50 bits per heavy atom. The highest BCUT2D eigenvalue weighted by molar-refractivity contribution is 5.64. The van der Waals surface area contributed by atoms with Crippen LogP contribution >= 0.6 is 0 Å². The number of benzene rings is 1. The fourth-order valence-electron chi connectivity index (χ4n) is 1.88. The number of hydrogen-bond acceptors (Lipinski definition) is 3. The van der Waals surface area contributed by atoms with Crippen molar-refractivity contribution in [2.45, 2.75) is 18.9 Å². The van der Waals surface area contributed by atoms with E-state index in [9.17, 15) is 4.79 Å². The third-order valence-electron chi connectivity index (χ3n) is 2.54. The zero-order valence-electron chi connectivity index (χ0n) is 8.12. The van der Waals surface area contributed by atoms with Gasteiger partial charge in [-0.1, -0.05) is 6.07 Å². The molecule has 1 heterocycles. The number of carbonyl (C=O) groups is 1. The van der Waals surface area contributed by atoms with Gasteiger partial charge in [0.1, 0.15) is 12.0 Å². The Labute approximate surface area is 83.1 Å². The number of rotatable bonds is 3. The van der Waals surface area contributed by atoms with Gasteiger partial charge in [-0.3, -0.25) is 0 Å². The molecule has 0 saturated carbocycles. The molecule has 0 spiro atoms. The lowest BCUT2D eigenvalue weighted by Gasteiger charge is -2.05. The Kier molecular flexibility index (Phi) is 2.39. The second-order valence-corrected chi connectivity index (χ2v) is 3.43. The molecule has 0 aromatic heterocycles. The number of hydrogen-bond donors (Lipinski definition) is 1. The molecule has 1 aliphatic rings. The first-order valence-corrected chi connectivity index (χ1v) is 4.71. The highest BCUT2D eigenvalue weighted by Crippen LogP contribution is 2.33. The number of nitrogens with one attached hydrogen (secondary N) is 1. The van der Waals surface area contributed by atoms with E-state index in [1.165, 1.54) is 5.56 Å². The zero-order valence-corrected chi connectivity index (χ0v) is 8.12. The fourth-order valence-corrected chi connectivity index (χ4v) is 1.88. The summed E-state index contributed by atoms with van der Waals surface area (Å²) >= 11 is 0. The molecule has 0 bridgehead atoms. The number of aldehydes is 1. The molecule has 1 atom stereocenters. The number of fused-ring (bicyclic) bond motifs is 1. The van der Waals surface area contributed by atoms with Crippen LogP contribution in [0.25, 0.3) is 0 Å². The molecule has 2 rings (SSSR count). The predicted molar refractivity (Wildman–Crippen MR) is 54.8 cm³/mol. The summed E-state index contributed by atoms with van der Waals surface area (Å²) in [5.74, 6) is 0.906. The van der Waals surface area contributed by atoms with Gasteiger partial charge in [0.05, 0.1) is 7.11 Å². The van der Waals surface area contributed by atoms with E-state index in [0.29, 0.717) is 6.42 Å². The van der Waals surface area contributed by atoms with E-state index < -0.39 is 0 Å². The largest absolute Gasteiger partial charge is 0.496 e. The van der Waals surface area contributed by atoms with Crippen molar-refractivity contribution in [2.24, 2.45) is 0 Å². The molecule has 1 aromatic rings. The maximum atomic E-state index is 10.4. The molecule has 3 heteroatoms. The van der Waals surface area contributed by atoms with E-state index in [2.05, 4.69) is 5.32 Å². The summed E-state index contributed by atoms with van der Waals surface area (Å²) in [4.78, 5) is 10.4. The molecule has 1 aromatic carbocycles. The normalized spacial score (nSPS) is 18.5. The minimum absolute atomic E-state index is 0.235. The third kappa shape index (κ3) is 1.45.